The lowest BCUT2D eigenvalue weighted by Crippen LogP contribution is -2.33. The van der Waals surface area contributed by atoms with Crippen molar-refractivity contribution in [1.29, 1.82) is 0 Å². The first kappa shape index (κ1) is 19.1. The number of thioether (sulfide) groups is 1. The summed E-state index contributed by atoms with van der Waals surface area (Å²) in [6, 6.07) is 10.1. The fraction of sp³-hybridized carbons (Fsp3) is 0.389. The van der Waals surface area contributed by atoms with Gasteiger partial charge in [0.05, 0.1) is 12.9 Å². The molecule has 0 bridgehead atoms. The first-order valence-electron chi connectivity index (χ1n) is 8.87. The van der Waals surface area contributed by atoms with Crippen LogP contribution in [0.15, 0.2) is 41.7 Å². The SMILES string of the molecule is Nc1nc(SCCc2ccccc2)c2ncn([C@H]3O[C@@H](CO)[C@@H](O)[C@H]3O)c2n1. The summed E-state index contributed by atoms with van der Waals surface area (Å²) in [6.45, 7) is -0.404. The molecule has 3 heterocycles. The largest absolute Gasteiger partial charge is 0.394 e. The summed E-state index contributed by atoms with van der Waals surface area (Å²) in [6.07, 6.45) is -1.89. The average Bonchev–Trinajstić information content (AvgIpc) is 3.24. The predicted octanol–water partition coefficient (Wildman–Crippen LogP) is 0.355. The molecule has 1 aliphatic heterocycles. The number of aryl methyl sites for hydroxylation is 1. The highest BCUT2D eigenvalue weighted by Gasteiger charge is 2.44. The van der Waals surface area contributed by atoms with Crippen molar-refractivity contribution in [3.8, 4) is 0 Å². The van der Waals surface area contributed by atoms with Gasteiger partial charge in [-0.05, 0) is 12.0 Å². The third-order valence-corrected chi connectivity index (χ3v) is 5.64. The number of aromatic nitrogens is 4. The van der Waals surface area contributed by atoms with Crippen LogP contribution in [0, 0.1) is 0 Å². The zero-order valence-electron chi connectivity index (χ0n) is 14.9. The van der Waals surface area contributed by atoms with Crippen LogP contribution >= 0.6 is 11.8 Å². The van der Waals surface area contributed by atoms with E-state index in [9.17, 15) is 15.3 Å². The summed E-state index contributed by atoms with van der Waals surface area (Å²) in [5, 5.41) is 30.2. The van der Waals surface area contributed by atoms with E-state index in [1.54, 1.807) is 0 Å². The lowest BCUT2D eigenvalue weighted by atomic mass is 10.1. The molecule has 1 aromatic carbocycles. The molecule has 0 aliphatic carbocycles. The molecule has 148 valence electrons. The Balaban J connectivity index is 1.58. The number of benzene rings is 1. The number of fused-ring (bicyclic) bond motifs is 1. The Morgan fingerprint density at radius 3 is 2.64 bits per heavy atom. The number of ether oxygens (including phenoxy) is 1. The normalized spacial score (nSPS) is 24.8. The molecule has 0 amide bonds. The van der Waals surface area contributed by atoms with Crippen LogP contribution in [0.5, 0.6) is 0 Å². The summed E-state index contributed by atoms with van der Waals surface area (Å²) >= 11 is 1.52. The molecule has 5 N–H and O–H groups in total. The van der Waals surface area contributed by atoms with Crippen LogP contribution in [0.4, 0.5) is 5.95 Å². The number of aliphatic hydroxyl groups is 3. The second-order valence-electron chi connectivity index (χ2n) is 6.52. The van der Waals surface area contributed by atoms with Crippen molar-refractivity contribution in [1.82, 2.24) is 19.5 Å². The lowest BCUT2D eigenvalue weighted by molar-refractivity contribution is -0.0511. The van der Waals surface area contributed by atoms with Crippen molar-refractivity contribution in [2.75, 3.05) is 18.1 Å². The maximum atomic E-state index is 10.3. The number of anilines is 1. The number of nitrogens with two attached hydrogens (primary N) is 1. The second kappa shape index (κ2) is 8.02. The summed E-state index contributed by atoms with van der Waals surface area (Å²) in [5.74, 6) is 0.874. The predicted molar refractivity (Wildman–Crippen MR) is 104 cm³/mol. The van der Waals surface area contributed by atoms with Crippen molar-refractivity contribution >= 4 is 28.9 Å². The van der Waals surface area contributed by atoms with Gasteiger partial charge in [-0.2, -0.15) is 4.98 Å². The molecule has 9 nitrogen and oxygen atoms in total. The average molecular weight is 403 g/mol. The topological polar surface area (TPSA) is 140 Å². The van der Waals surface area contributed by atoms with E-state index in [-0.39, 0.29) is 5.95 Å². The molecule has 28 heavy (non-hydrogen) atoms. The van der Waals surface area contributed by atoms with Gasteiger partial charge in [0.1, 0.15) is 28.9 Å². The molecule has 1 fully saturated rings. The van der Waals surface area contributed by atoms with Gasteiger partial charge in [-0.1, -0.05) is 30.3 Å². The van der Waals surface area contributed by atoms with Gasteiger partial charge in [0.15, 0.2) is 11.9 Å². The molecule has 4 atom stereocenters. The van der Waals surface area contributed by atoms with E-state index in [0.29, 0.717) is 16.2 Å². The van der Waals surface area contributed by atoms with E-state index < -0.39 is 31.1 Å². The number of aliphatic hydroxyl groups excluding tert-OH is 3. The Morgan fingerprint density at radius 1 is 1.14 bits per heavy atom. The van der Waals surface area contributed by atoms with E-state index in [1.807, 2.05) is 18.2 Å². The van der Waals surface area contributed by atoms with Crippen LogP contribution in [0.2, 0.25) is 0 Å². The number of hydrogen-bond donors (Lipinski definition) is 4. The van der Waals surface area contributed by atoms with Gasteiger partial charge in [0, 0.05) is 5.75 Å². The smallest absolute Gasteiger partial charge is 0.223 e. The van der Waals surface area contributed by atoms with Crippen molar-refractivity contribution < 1.29 is 20.1 Å². The van der Waals surface area contributed by atoms with E-state index in [4.69, 9.17) is 10.5 Å². The number of rotatable bonds is 6. The van der Waals surface area contributed by atoms with Crippen molar-refractivity contribution in [3.63, 3.8) is 0 Å². The lowest BCUT2D eigenvalue weighted by Gasteiger charge is -2.16. The minimum Gasteiger partial charge on any atom is -0.394 e. The Labute approximate surface area is 165 Å². The summed E-state index contributed by atoms with van der Waals surface area (Å²) in [7, 11) is 0. The first-order valence-corrected chi connectivity index (χ1v) is 9.86. The van der Waals surface area contributed by atoms with Gasteiger partial charge >= 0.3 is 0 Å². The van der Waals surface area contributed by atoms with Crippen molar-refractivity contribution in [2.45, 2.75) is 36.0 Å². The van der Waals surface area contributed by atoms with E-state index in [0.717, 1.165) is 12.2 Å². The van der Waals surface area contributed by atoms with Gasteiger partial charge in [-0.15, -0.1) is 11.8 Å². The Kier molecular flexibility index (Phi) is 5.47. The molecule has 1 saturated heterocycles. The van der Waals surface area contributed by atoms with Gasteiger partial charge in [0.25, 0.3) is 0 Å². The fourth-order valence-corrected chi connectivity index (χ4v) is 4.18. The molecule has 0 saturated carbocycles. The minimum absolute atomic E-state index is 0.0863. The molecular formula is C18H21N5O4S. The second-order valence-corrected chi connectivity index (χ2v) is 7.61. The molecule has 0 spiro atoms. The van der Waals surface area contributed by atoms with Gasteiger partial charge in [0.2, 0.25) is 5.95 Å². The van der Waals surface area contributed by atoms with Crippen LogP contribution in [0.3, 0.4) is 0 Å². The van der Waals surface area contributed by atoms with E-state index in [2.05, 4.69) is 27.1 Å². The number of nitrogen functional groups attached to an aromatic ring is 1. The molecule has 1 aliphatic rings. The standard InChI is InChI=1S/C18H21N5O4S/c19-18-21-15-12(16(22-18)28-7-6-10-4-2-1-3-5-10)20-9-23(15)17-14(26)13(25)11(8-24)27-17/h1-5,9,11,13-14,17,24-26H,6-8H2,(H2,19,21,22)/t11-,13+,14+,17-/m0/s1. The molecule has 2 aromatic heterocycles. The zero-order valence-corrected chi connectivity index (χ0v) is 15.7. The van der Waals surface area contributed by atoms with Crippen LogP contribution in [0.25, 0.3) is 11.2 Å². The zero-order chi connectivity index (χ0) is 19.7. The summed E-state index contributed by atoms with van der Waals surface area (Å²) in [4.78, 5) is 12.9. The minimum atomic E-state index is -1.22. The summed E-state index contributed by atoms with van der Waals surface area (Å²) < 4.78 is 7.08. The third kappa shape index (κ3) is 3.56. The fourth-order valence-electron chi connectivity index (χ4n) is 3.21. The quantitative estimate of drug-likeness (QED) is 0.339. The molecule has 0 unspecified atom stereocenters. The Bertz CT molecular complexity index is 954. The summed E-state index contributed by atoms with van der Waals surface area (Å²) in [5.41, 5.74) is 8.06. The molecular weight excluding hydrogens is 382 g/mol. The van der Waals surface area contributed by atoms with Crippen LogP contribution < -0.4 is 5.73 Å². The third-order valence-electron chi connectivity index (χ3n) is 4.67. The Morgan fingerprint density at radius 2 is 1.93 bits per heavy atom. The Hall–Kier alpha value is -2.24. The maximum absolute atomic E-state index is 10.3. The van der Waals surface area contributed by atoms with E-state index >= 15 is 0 Å². The van der Waals surface area contributed by atoms with Crippen LogP contribution in [-0.4, -0.2) is 65.5 Å². The number of imidazole rings is 1. The molecule has 3 aromatic rings. The van der Waals surface area contributed by atoms with Crippen LogP contribution in [0.1, 0.15) is 11.8 Å². The van der Waals surface area contributed by atoms with Gasteiger partial charge < -0.3 is 25.8 Å². The van der Waals surface area contributed by atoms with Gasteiger partial charge in [-0.3, -0.25) is 4.57 Å². The highest BCUT2D eigenvalue weighted by molar-refractivity contribution is 7.99. The van der Waals surface area contributed by atoms with Crippen LogP contribution in [-0.2, 0) is 11.2 Å². The van der Waals surface area contributed by atoms with Crippen molar-refractivity contribution in [3.05, 3.63) is 42.2 Å². The molecule has 4 rings (SSSR count). The van der Waals surface area contributed by atoms with E-state index in [1.165, 1.54) is 28.2 Å². The van der Waals surface area contributed by atoms with Gasteiger partial charge in [-0.25, -0.2) is 9.97 Å². The first-order chi connectivity index (χ1) is 13.6. The molecule has 0 radical (unpaired) electrons. The maximum Gasteiger partial charge on any atom is 0.223 e. The number of nitrogens with zero attached hydrogens (tertiary/aromatic N) is 4. The molecule has 10 heteroatoms. The highest BCUT2D eigenvalue weighted by atomic mass is 32.2. The number of hydrogen-bond acceptors (Lipinski definition) is 9. The monoisotopic (exact) mass is 403 g/mol. The highest BCUT2D eigenvalue weighted by Crippen LogP contribution is 2.33. The van der Waals surface area contributed by atoms with Crippen molar-refractivity contribution in [2.24, 2.45) is 0 Å².